The van der Waals surface area contributed by atoms with Crippen LogP contribution in [-0.2, 0) is 0 Å². The fourth-order valence-electron chi connectivity index (χ4n) is 9.02. The molecule has 2 nitrogen and oxygen atoms in total. The summed E-state index contributed by atoms with van der Waals surface area (Å²) in [4.78, 5) is 2.47. The third-order valence-electron chi connectivity index (χ3n) is 11.8. The maximum atomic E-state index is 2.47. The van der Waals surface area contributed by atoms with Gasteiger partial charge in [-0.2, -0.15) is 0 Å². The van der Waals surface area contributed by atoms with Gasteiger partial charge in [0, 0.05) is 27.4 Å². The highest BCUT2D eigenvalue weighted by molar-refractivity contribution is 6.18. The molecule has 10 aromatic carbocycles. The highest BCUT2D eigenvalue weighted by Crippen LogP contribution is 2.47. The molecule has 0 N–H and O–H groups in total. The largest absolute Gasteiger partial charge is 0.309 e. The standard InChI is InChI=1S/C58H40N2/c1-4-17-41(18-5-1)43-31-33-46(34-32-43)48-39-40-55(51-25-11-10-24-50(48)51)59(47-37-35-44(36-38-47)42-19-6-2-7-20-42)56-29-16-30-57-58(56)52-26-13-15-28-54(52)60(57)53-27-14-12-23-49(53)45-21-8-3-9-22-45/h1-40H. The molecular weight excluding hydrogens is 725 g/mol. The Kier molecular flexibility index (Phi) is 8.87. The minimum absolute atomic E-state index is 1.09. The summed E-state index contributed by atoms with van der Waals surface area (Å²) < 4.78 is 2.45. The van der Waals surface area contributed by atoms with Crippen molar-refractivity contribution in [2.24, 2.45) is 0 Å². The van der Waals surface area contributed by atoms with E-state index in [0.717, 1.165) is 28.3 Å². The molecule has 0 saturated carbocycles. The number of hydrogen-bond acceptors (Lipinski definition) is 1. The molecule has 0 saturated heterocycles. The minimum Gasteiger partial charge on any atom is -0.309 e. The van der Waals surface area contributed by atoms with Crippen LogP contribution >= 0.6 is 0 Å². The molecule has 11 aromatic rings. The molecule has 0 amide bonds. The van der Waals surface area contributed by atoms with Crippen LogP contribution in [0.25, 0.3) is 82.8 Å². The van der Waals surface area contributed by atoms with Crippen LogP contribution in [0, 0.1) is 0 Å². The van der Waals surface area contributed by atoms with Gasteiger partial charge in [0.1, 0.15) is 0 Å². The average molecular weight is 765 g/mol. The van der Waals surface area contributed by atoms with Gasteiger partial charge in [-0.3, -0.25) is 0 Å². The van der Waals surface area contributed by atoms with E-state index in [9.17, 15) is 0 Å². The van der Waals surface area contributed by atoms with Gasteiger partial charge in [0.05, 0.1) is 28.1 Å². The van der Waals surface area contributed by atoms with Crippen molar-refractivity contribution in [2.45, 2.75) is 0 Å². The maximum Gasteiger partial charge on any atom is 0.0562 e. The first-order valence-corrected chi connectivity index (χ1v) is 20.6. The first-order valence-electron chi connectivity index (χ1n) is 20.6. The van der Waals surface area contributed by atoms with E-state index in [1.807, 2.05) is 0 Å². The molecule has 11 rings (SSSR count). The second-order valence-electron chi connectivity index (χ2n) is 15.3. The number of anilines is 3. The Morgan fingerprint density at radius 2 is 0.750 bits per heavy atom. The number of para-hydroxylation sites is 2. The third kappa shape index (κ3) is 6.14. The van der Waals surface area contributed by atoms with Crippen LogP contribution in [0.5, 0.6) is 0 Å². The number of fused-ring (bicyclic) bond motifs is 4. The third-order valence-corrected chi connectivity index (χ3v) is 11.8. The summed E-state index contributed by atoms with van der Waals surface area (Å²) in [5.74, 6) is 0. The molecule has 0 bridgehead atoms. The quantitative estimate of drug-likeness (QED) is 0.150. The van der Waals surface area contributed by atoms with Crippen LogP contribution in [0.3, 0.4) is 0 Å². The zero-order valence-electron chi connectivity index (χ0n) is 33.0. The van der Waals surface area contributed by atoms with Crippen molar-refractivity contribution in [2.75, 3.05) is 4.90 Å². The van der Waals surface area contributed by atoms with E-state index in [0.29, 0.717) is 0 Å². The molecule has 0 atom stereocenters. The summed E-state index contributed by atoms with van der Waals surface area (Å²) in [6, 6.07) is 87.9. The molecule has 0 radical (unpaired) electrons. The topological polar surface area (TPSA) is 8.17 Å². The van der Waals surface area contributed by atoms with E-state index in [1.165, 1.54) is 71.6 Å². The zero-order chi connectivity index (χ0) is 39.8. The molecule has 0 aliphatic carbocycles. The van der Waals surface area contributed by atoms with Crippen molar-refractivity contribution in [1.29, 1.82) is 0 Å². The fourth-order valence-corrected chi connectivity index (χ4v) is 9.02. The van der Waals surface area contributed by atoms with Gasteiger partial charge < -0.3 is 9.47 Å². The molecule has 282 valence electrons. The lowest BCUT2D eigenvalue weighted by atomic mass is 9.94. The molecule has 0 aliphatic rings. The monoisotopic (exact) mass is 764 g/mol. The first-order chi connectivity index (χ1) is 29.8. The van der Waals surface area contributed by atoms with Gasteiger partial charge in [-0.15, -0.1) is 0 Å². The molecule has 60 heavy (non-hydrogen) atoms. The van der Waals surface area contributed by atoms with E-state index in [2.05, 4.69) is 252 Å². The van der Waals surface area contributed by atoms with E-state index < -0.39 is 0 Å². The van der Waals surface area contributed by atoms with Crippen LogP contribution in [0.15, 0.2) is 243 Å². The van der Waals surface area contributed by atoms with Crippen molar-refractivity contribution in [1.82, 2.24) is 4.57 Å². The minimum atomic E-state index is 1.09. The normalized spacial score (nSPS) is 11.3. The molecular formula is C58H40N2. The number of hydrogen-bond donors (Lipinski definition) is 0. The Hall–Kier alpha value is -7.94. The van der Waals surface area contributed by atoms with Gasteiger partial charge in [0.15, 0.2) is 0 Å². The molecule has 0 fully saturated rings. The summed E-state index contributed by atoms with van der Waals surface area (Å²) in [5.41, 5.74) is 16.4. The van der Waals surface area contributed by atoms with E-state index >= 15 is 0 Å². The molecule has 1 aromatic heterocycles. The first kappa shape index (κ1) is 35.2. The van der Waals surface area contributed by atoms with Crippen molar-refractivity contribution in [3.8, 4) is 50.2 Å². The van der Waals surface area contributed by atoms with Gasteiger partial charge in [-0.25, -0.2) is 0 Å². The van der Waals surface area contributed by atoms with Crippen LogP contribution < -0.4 is 4.90 Å². The maximum absolute atomic E-state index is 2.47. The summed E-state index contributed by atoms with van der Waals surface area (Å²) in [7, 11) is 0. The molecule has 2 heteroatoms. The highest BCUT2D eigenvalue weighted by atomic mass is 15.1. The van der Waals surface area contributed by atoms with E-state index in [4.69, 9.17) is 0 Å². The smallest absolute Gasteiger partial charge is 0.0562 e. The second kappa shape index (κ2) is 15.1. The molecule has 1 heterocycles. The van der Waals surface area contributed by atoms with Crippen molar-refractivity contribution < 1.29 is 0 Å². The summed E-state index contributed by atoms with van der Waals surface area (Å²) in [6.45, 7) is 0. The fraction of sp³-hybridized carbons (Fsp3) is 0. The van der Waals surface area contributed by atoms with Crippen LogP contribution in [0.2, 0.25) is 0 Å². The Balaban J connectivity index is 1.14. The Morgan fingerprint density at radius 3 is 1.43 bits per heavy atom. The van der Waals surface area contributed by atoms with Crippen molar-refractivity contribution in [3.05, 3.63) is 243 Å². The molecule has 0 aliphatic heterocycles. The van der Waals surface area contributed by atoms with Gasteiger partial charge in [-0.1, -0.05) is 200 Å². The Labute approximate surface area is 350 Å². The zero-order valence-corrected chi connectivity index (χ0v) is 33.0. The van der Waals surface area contributed by atoms with Gasteiger partial charge >= 0.3 is 0 Å². The lowest BCUT2D eigenvalue weighted by molar-refractivity contribution is 1.18. The van der Waals surface area contributed by atoms with E-state index in [-0.39, 0.29) is 0 Å². The lowest BCUT2D eigenvalue weighted by Crippen LogP contribution is -2.11. The van der Waals surface area contributed by atoms with Crippen LogP contribution in [0.1, 0.15) is 0 Å². The number of rotatable bonds is 8. The summed E-state index contributed by atoms with van der Waals surface area (Å²) in [6.07, 6.45) is 0. The predicted octanol–water partition coefficient (Wildman–Crippen LogP) is 16.1. The number of nitrogens with zero attached hydrogens (tertiary/aromatic N) is 2. The average Bonchev–Trinajstić information content (AvgIpc) is 3.68. The Bertz CT molecular complexity index is 3270. The lowest BCUT2D eigenvalue weighted by Gasteiger charge is -2.28. The SMILES string of the molecule is c1ccc(-c2ccc(-c3ccc(N(c4ccc(-c5ccccc5)cc4)c4cccc5c4c4ccccc4n5-c4ccccc4-c4ccccc4)c4ccccc34)cc2)cc1. The molecule has 0 spiro atoms. The van der Waals surface area contributed by atoms with Crippen LogP contribution in [-0.4, -0.2) is 4.57 Å². The van der Waals surface area contributed by atoms with Gasteiger partial charge in [-0.05, 0) is 86.8 Å². The van der Waals surface area contributed by atoms with Gasteiger partial charge in [0.25, 0.3) is 0 Å². The van der Waals surface area contributed by atoms with Crippen molar-refractivity contribution >= 4 is 49.6 Å². The summed E-state index contributed by atoms with van der Waals surface area (Å²) >= 11 is 0. The predicted molar refractivity (Wildman–Crippen MR) is 255 cm³/mol. The number of benzene rings is 10. The van der Waals surface area contributed by atoms with Crippen molar-refractivity contribution in [3.63, 3.8) is 0 Å². The van der Waals surface area contributed by atoms with Gasteiger partial charge in [0.2, 0.25) is 0 Å². The highest BCUT2D eigenvalue weighted by Gasteiger charge is 2.24. The Morgan fingerprint density at radius 1 is 0.267 bits per heavy atom. The number of aromatic nitrogens is 1. The summed E-state index contributed by atoms with van der Waals surface area (Å²) in [5, 5.41) is 4.80. The second-order valence-corrected chi connectivity index (χ2v) is 15.3. The van der Waals surface area contributed by atoms with E-state index in [1.54, 1.807) is 0 Å². The molecule has 0 unspecified atom stereocenters. The van der Waals surface area contributed by atoms with Crippen LogP contribution in [0.4, 0.5) is 17.1 Å².